The Morgan fingerprint density at radius 3 is 2.57 bits per heavy atom. The number of nitrogens with zero attached hydrogens (tertiary/aromatic N) is 1. The number of ether oxygens (including phenoxy) is 1. The summed E-state index contributed by atoms with van der Waals surface area (Å²) in [4.78, 5) is 38.2. The second-order valence-corrected chi connectivity index (χ2v) is 7.06. The van der Waals surface area contributed by atoms with Crippen molar-refractivity contribution in [2.24, 2.45) is 5.92 Å². The van der Waals surface area contributed by atoms with Gasteiger partial charge in [-0.25, -0.2) is 4.79 Å². The monoisotopic (exact) mass is 399 g/mol. The minimum atomic E-state index is -4.81. The van der Waals surface area contributed by atoms with Crippen molar-refractivity contribution in [1.29, 1.82) is 0 Å². The first-order chi connectivity index (χ1) is 13.1. The number of nitrogens with one attached hydrogen (secondary N) is 2. The van der Waals surface area contributed by atoms with E-state index in [1.807, 2.05) is 6.92 Å². The number of imide groups is 1. The molecule has 2 fully saturated rings. The molecule has 1 saturated carbocycles. The van der Waals surface area contributed by atoms with Crippen molar-refractivity contribution in [2.75, 3.05) is 11.9 Å². The van der Waals surface area contributed by atoms with Crippen LogP contribution in [0.4, 0.5) is 23.7 Å². The smallest absolute Gasteiger partial charge is 0.406 e. The van der Waals surface area contributed by atoms with E-state index in [-0.39, 0.29) is 11.6 Å². The molecule has 3 rings (SSSR count). The van der Waals surface area contributed by atoms with Gasteiger partial charge in [-0.15, -0.1) is 13.2 Å². The highest BCUT2D eigenvalue weighted by Crippen LogP contribution is 2.38. The molecule has 1 saturated heterocycles. The van der Waals surface area contributed by atoms with Gasteiger partial charge in [-0.1, -0.05) is 19.8 Å². The van der Waals surface area contributed by atoms with Gasteiger partial charge in [-0.05, 0) is 43.0 Å². The van der Waals surface area contributed by atoms with E-state index in [0.717, 1.165) is 36.3 Å². The van der Waals surface area contributed by atoms with Crippen LogP contribution in [0.2, 0.25) is 0 Å². The lowest BCUT2D eigenvalue weighted by Gasteiger charge is -2.36. The van der Waals surface area contributed by atoms with E-state index in [2.05, 4.69) is 15.4 Å². The van der Waals surface area contributed by atoms with Crippen LogP contribution in [0.25, 0.3) is 0 Å². The highest BCUT2D eigenvalue weighted by Gasteiger charge is 2.55. The van der Waals surface area contributed by atoms with E-state index in [1.54, 1.807) is 0 Å². The summed E-state index contributed by atoms with van der Waals surface area (Å²) in [6.45, 7) is 1.44. The Balaban J connectivity index is 1.62. The maximum atomic E-state index is 12.8. The van der Waals surface area contributed by atoms with Crippen LogP contribution in [-0.2, 0) is 9.59 Å². The molecule has 0 bridgehead atoms. The van der Waals surface area contributed by atoms with Crippen molar-refractivity contribution in [1.82, 2.24) is 10.2 Å². The number of rotatable bonds is 4. The van der Waals surface area contributed by atoms with Crippen LogP contribution >= 0.6 is 0 Å². The van der Waals surface area contributed by atoms with Crippen LogP contribution in [0.15, 0.2) is 24.3 Å². The van der Waals surface area contributed by atoms with E-state index in [1.165, 1.54) is 12.1 Å². The molecule has 7 nitrogen and oxygen atoms in total. The van der Waals surface area contributed by atoms with Gasteiger partial charge < -0.3 is 15.4 Å². The maximum absolute atomic E-state index is 12.8. The molecule has 0 aromatic heterocycles. The average Bonchev–Trinajstić information content (AvgIpc) is 2.83. The van der Waals surface area contributed by atoms with E-state index >= 15 is 0 Å². The number of halogens is 3. The zero-order valence-corrected chi connectivity index (χ0v) is 15.1. The van der Waals surface area contributed by atoms with Gasteiger partial charge >= 0.3 is 12.4 Å². The Morgan fingerprint density at radius 2 is 1.96 bits per heavy atom. The molecule has 0 radical (unpaired) electrons. The molecule has 152 valence electrons. The number of anilines is 1. The zero-order valence-electron chi connectivity index (χ0n) is 15.1. The fourth-order valence-electron chi connectivity index (χ4n) is 3.72. The third-order valence-electron chi connectivity index (χ3n) is 5.17. The lowest BCUT2D eigenvalue weighted by Crippen LogP contribution is -2.54. The highest BCUT2D eigenvalue weighted by molar-refractivity contribution is 6.10. The van der Waals surface area contributed by atoms with Gasteiger partial charge in [0, 0.05) is 5.69 Å². The molecule has 1 heterocycles. The Hall–Kier alpha value is -2.78. The van der Waals surface area contributed by atoms with Gasteiger partial charge in [0.05, 0.1) is 0 Å². The molecule has 2 N–H and O–H groups in total. The summed E-state index contributed by atoms with van der Waals surface area (Å²) in [5.74, 6) is -1.48. The van der Waals surface area contributed by atoms with Gasteiger partial charge in [0.15, 0.2) is 0 Å². The van der Waals surface area contributed by atoms with Crippen LogP contribution in [0, 0.1) is 5.92 Å². The number of carbonyl (C=O) groups excluding carboxylic acids is 3. The second kappa shape index (κ2) is 7.33. The minimum absolute atomic E-state index is 0.0214. The molecule has 2 aliphatic rings. The van der Waals surface area contributed by atoms with E-state index in [4.69, 9.17) is 0 Å². The number of urea groups is 1. The third-order valence-corrected chi connectivity index (χ3v) is 5.17. The van der Waals surface area contributed by atoms with Crippen molar-refractivity contribution in [2.45, 2.75) is 44.5 Å². The van der Waals surface area contributed by atoms with Crippen LogP contribution < -0.4 is 15.4 Å². The van der Waals surface area contributed by atoms with E-state index in [0.29, 0.717) is 6.42 Å². The van der Waals surface area contributed by atoms with Crippen LogP contribution in [0.1, 0.15) is 32.6 Å². The quantitative estimate of drug-likeness (QED) is 0.762. The van der Waals surface area contributed by atoms with E-state index < -0.39 is 42.0 Å². The molecule has 1 aliphatic carbocycles. The summed E-state index contributed by atoms with van der Waals surface area (Å²) in [6.07, 6.45) is -1.64. The third kappa shape index (κ3) is 4.05. The number of hydrogen-bond donors (Lipinski definition) is 2. The Morgan fingerprint density at radius 1 is 1.29 bits per heavy atom. The SMILES string of the molecule is C[C@@H]1CCCC[C@@]12NC(=O)N(CC(=O)Nc1ccc(OC(F)(F)F)cc1)C2=O. The number of benzene rings is 1. The molecule has 1 aromatic rings. The van der Waals surface area contributed by atoms with Crippen molar-refractivity contribution in [3.05, 3.63) is 24.3 Å². The molecular weight excluding hydrogens is 379 g/mol. The Kier molecular flexibility index (Phi) is 5.22. The summed E-state index contributed by atoms with van der Waals surface area (Å²) >= 11 is 0. The number of carbonyl (C=O) groups is 3. The number of alkyl halides is 3. The summed E-state index contributed by atoms with van der Waals surface area (Å²) in [5.41, 5.74) is -0.737. The highest BCUT2D eigenvalue weighted by atomic mass is 19.4. The fraction of sp³-hybridized carbons (Fsp3) is 0.500. The number of hydrogen-bond acceptors (Lipinski definition) is 4. The minimum Gasteiger partial charge on any atom is -0.406 e. The lowest BCUT2D eigenvalue weighted by atomic mass is 9.73. The molecule has 10 heteroatoms. The Bertz CT molecular complexity index is 781. The molecular formula is C18H20F3N3O4. The summed E-state index contributed by atoms with van der Waals surface area (Å²) in [6, 6.07) is 3.96. The predicted molar refractivity (Wildman–Crippen MR) is 92.4 cm³/mol. The first-order valence-electron chi connectivity index (χ1n) is 8.90. The zero-order chi connectivity index (χ0) is 20.5. The Labute approximate surface area is 159 Å². The maximum Gasteiger partial charge on any atom is 0.573 e. The summed E-state index contributed by atoms with van der Waals surface area (Å²) < 4.78 is 40.2. The lowest BCUT2D eigenvalue weighted by molar-refractivity contribution is -0.274. The standard InChI is InChI=1S/C18H20F3N3O4/c1-11-4-2-3-9-17(11)15(26)24(16(27)23-17)10-14(25)22-12-5-7-13(8-6-12)28-18(19,20)21/h5-8,11H,2-4,9-10H2,1H3,(H,22,25)(H,23,27)/t11-,17-/m1/s1. The van der Waals surface area contributed by atoms with Gasteiger partial charge in [-0.2, -0.15) is 0 Å². The van der Waals surface area contributed by atoms with Crippen LogP contribution in [0.5, 0.6) is 5.75 Å². The molecule has 28 heavy (non-hydrogen) atoms. The van der Waals surface area contributed by atoms with Crippen molar-refractivity contribution in [3.63, 3.8) is 0 Å². The van der Waals surface area contributed by atoms with Gasteiger partial charge in [0.25, 0.3) is 5.91 Å². The van der Waals surface area contributed by atoms with Gasteiger partial charge in [0.1, 0.15) is 17.8 Å². The topological polar surface area (TPSA) is 87.7 Å². The molecule has 1 aromatic carbocycles. The van der Waals surface area contributed by atoms with Crippen molar-refractivity contribution in [3.8, 4) is 5.75 Å². The fourth-order valence-corrected chi connectivity index (χ4v) is 3.72. The molecule has 1 aliphatic heterocycles. The van der Waals surface area contributed by atoms with Crippen molar-refractivity contribution < 1.29 is 32.3 Å². The van der Waals surface area contributed by atoms with E-state index in [9.17, 15) is 27.6 Å². The van der Waals surface area contributed by atoms with Gasteiger partial charge in [-0.3, -0.25) is 14.5 Å². The molecule has 4 amide bonds. The summed E-state index contributed by atoms with van der Waals surface area (Å²) in [7, 11) is 0. The molecule has 1 spiro atoms. The van der Waals surface area contributed by atoms with Crippen molar-refractivity contribution >= 4 is 23.5 Å². The van der Waals surface area contributed by atoms with Crippen LogP contribution in [-0.4, -0.2) is 41.2 Å². The predicted octanol–water partition coefficient (Wildman–Crippen LogP) is 3.02. The largest absolute Gasteiger partial charge is 0.573 e. The molecule has 2 atom stereocenters. The van der Waals surface area contributed by atoms with Gasteiger partial charge in [0.2, 0.25) is 5.91 Å². The molecule has 0 unspecified atom stereocenters. The number of amides is 4. The first kappa shape index (κ1) is 20.0. The first-order valence-corrected chi connectivity index (χ1v) is 8.90. The average molecular weight is 399 g/mol. The van der Waals surface area contributed by atoms with Crippen LogP contribution in [0.3, 0.4) is 0 Å². The second-order valence-electron chi connectivity index (χ2n) is 7.06. The normalized spacial score (nSPS) is 25.0. The summed E-state index contributed by atoms with van der Waals surface area (Å²) in [5, 5.41) is 5.20.